The van der Waals surface area contributed by atoms with Crippen LogP contribution in [0.25, 0.3) is 0 Å². The standard InChI is InChI=1S/C22H28F3N5O3/c1-33-10-2-7-28-20(32)30-13-18(19(27)31)21(14-30)5-8-29(9-6-21)16-4-3-15(12-26)17(11-16)22(23,24)25/h3-4,11,18H,2,5-10,13-14H2,1H3,(H2,27,31)(H,28,32). The van der Waals surface area contributed by atoms with Crippen molar-refractivity contribution in [3.05, 3.63) is 29.3 Å². The number of rotatable bonds is 6. The van der Waals surface area contributed by atoms with Gasteiger partial charge in [-0.15, -0.1) is 0 Å². The summed E-state index contributed by atoms with van der Waals surface area (Å²) >= 11 is 0. The Labute approximate surface area is 190 Å². The Morgan fingerprint density at radius 3 is 2.61 bits per heavy atom. The van der Waals surface area contributed by atoms with E-state index in [1.54, 1.807) is 18.1 Å². The zero-order valence-electron chi connectivity index (χ0n) is 18.5. The first kappa shape index (κ1) is 24.6. The number of primary amides is 1. The number of methoxy groups -OCH3 is 1. The Morgan fingerprint density at radius 1 is 1.33 bits per heavy atom. The van der Waals surface area contributed by atoms with Gasteiger partial charge < -0.3 is 25.6 Å². The number of alkyl halides is 3. The molecule has 2 aliphatic rings. The van der Waals surface area contributed by atoms with Crippen LogP contribution in [0.4, 0.5) is 23.7 Å². The predicted octanol–water partition coefficient (Wildman–Crippen LogP) is 2.33. The number of nitrogens with one attached hydrogen (secondary N) is 1. The van der Waals surface area contributed by atoms with Crippen molar-refractivity contribution in [2.45, 2.75) is 25.4 Å². The number of nitrogens with zero attached hydrogens (tertiary/aromatic N) is 3. The summed E-state index contributed by atoms with van der Waals surface area (Å²) in [4.78, 5) is 28.2. The van der Waals surface area contributed by atoms with Crippen LogP contribution < -0.4 is 16.0 Å². The van der Waals surface area contributed by atoms with Crippen LogP contribution in [-0.4, -0.2) is 63.3 Å². The molecule has 0 radical (unpaired) electrons. The van der Waals surface area contributed by atoms with E-state index in [1.807, 2.05) is 4.90 Å². The van der Waals surface area contributed by atoms with Gasteiger partial charge in [0, 0.05) is 57.5 Å². The predicted molar refractivity (Wildman–Crippen MR) is 114 cm³/mol. The molecule has 0 saturated carbocycles. The van der Waals surface area contributed by atoms with E-state index in [2.05, 4.69) is 5.32 Å². The molecule has 2 saturated heterocycles. The van der Waals surface area contributed by atoms with Crippen molar-refractivity contribution in [1.82, 2.24) is 10.2 Å². The molecule has 2 heterocycles. The summed E-state index contributed by atoms with van der Waals surface area (Å²) in [5.74, 6) is -0.994. The van der Waals surface area contributed by atoms with Crippen molar-refractivity contribution in [2.24, 2.45) is 17.1 Å². The van der Waals surface area contributed by atoms with E-state index in [4.69, 9.17) is 15.7 Å². The number of nitrogens with two attached hydrogens (primary N) is 1. The van der Waals surface area contributed by atoms with Crippen LogP contribution >= 0.6 is 0 Å². The van der Waals surface area contributed by atoms with Crippen LogP contribution in [0.15, 0.2) is 18.2 Å². The van der Waals surface area contributed by atoms with E-state index in [-0.39, 0.29) is 12.6 Å². The smallest absolute Gasteiger partial charge is 0.385 e. The molecule has 3 rings (SSSR count). The average molecular weight is 467 g/mol. The maximum Gasteiger partial charge on any atom is 0.417 e. The second-order valence-electron chi connectivity index (χ2n) is 8.60. The van der Waals surface area contributed by atoms with E-state index in [9.17, 15) is 22.8 Å². The van der Waals surface area contributed by atoms with Gasteiger partial charge in [0.25, 0.3) is 0 Å². The summed E-state index contributed by atoms with van der Waals surface area (Å²) in [6.07, 6.45) is -2.94. The SMILES string of the molecule is COCCCNC(=O)N1CC(C(N)=O)C2(CCN(c3ccc(C#N)c(C(F)(F)F)c3)CC2)C1. The molecule has 1 aromatic rings. The molecular weight excluding hydrogens is 439 g/mol. The number of urea groups is 1. The van der Waals surface area contributed by atoms with Gasteiger partial charge in [-0.2, -0.15) is 18.4 Å². The van der Waals surface area contributed by atoms with Gasteiger partial charge in [-0.3, -0.25) is 4.79 Å². The van der Waals surface area contributed by atoms with Gasteiger partial charge in [0.05, 0.1) is 23.1 Å². The molecule has 1 spiro atoms. The van der Waals surface area contributed by atoms with Crippen LogP contribution in [-0.2, 0) is 15.7 Å². The van der Waals surface area contributed by atoms with Crippen LogP contribution in [0.2, 0.25) is 0 Å². The van der Waals surface area contributed by atoms with Gasteiger partial charge in [-0.05, 0) is 37.5 Å². The summed E-state index contributed by atoms with van der Waals surface area (Å²) in [5.41, 5.74) is 4.15. The highest BCUT2D eigenvalue weighted by atomic mass is 19.4. The lowest BCUT2D eigenvalue weighted by atomic mass is 9.70. The molecule has 1 aromatic carbocycles. The normalized spacial score (nSPS) is 20.0. The lowest BCUT2D eigenvalue weighted by Gasteiger charge is -2.42. The molecule has 180 valence electrons. The molecule has 0 bridgehead atoms. The zero-order chi connectivity index (χ0) is 24.2. The monoisotopic (exact) mass is 467 g/mol. The Hall–Kier alpha value is -3.00. The number of amides is 3. The van der Waals surface area contributed by atoms with Gasteiger partial charge in [-0.1, -0.05) is 0 Å². The molecule has 1 unspecified atom stereocenters. The average Bonchev–Trinajstić information content (AvgIpc) is 3.15. The fourth-order valence-electron chi connectivity index (χ4n) is 4.82. The van der Waals surface area contributed by atoms with Crippen LogP contribution in [0.3, 0.4) is 0 Å². The van der Waals surface area contributed by atoms with Crippen molar-refractivity contribution < 1.29 is 27.5 Å². The fourth-order valence-corrected chi connectivity index (χ4v) is 4.82. The minimum Gasteiger partial charge on any atom is -0.385 e. The topological polar surface area (TPSA) is 112 Å². The molecule has 33 heavy (non-hydrogen) atoms. The van der Waals surface area contributed by atoms with E-state index in [0.717, 1.165) is 6.07 Å². The number of ether oxygens (including phenoxy) is 1. The first-order valence-corrected chi connectivity index (χ1v) is 10.8. The third-order valence-electron chi connectivity index (χ3n) is 6.63. The third kappa shape index (κ3) is 5.33. The second-order valence-corrected chi connectivity index (χ2v) is 8.60. The summed E-state index contributed by atoms with van der Waals surface area (Å²) in [7, 11) is 1.58. The molecule has 0 aliphatic carbocycles. The largest absolute Gasteiger partial charge is 0.417 e. The van der Waals surface area contributed by atoms with Crippen LogP contribution in [0, 0.1) is 22.7 Å². The number of likely N-dealkylation sites (tertiary alicyclic amines) is 1. The van der Waals surface area contributed by atoms with E-state index in [0.29, 0.717) is 57.7 Å². The highest BCUT2D eigenvalue weighted by molar-refractivity contribution is 5.81. The minimum atomic E-state index is -4.63. The van der Waals surface area contributed by atoms with Crippen molar-refractivity contribution in [1.29, 1.82) is 5.26 Å². The molecule has 2 aliphatic heterocycles. The minimum absolute atomic E-state index is 0.223. The Kier molecular flexibility index (Phi) is 7.37. The number of hydrogen-bond donors (Lipinski definition) is 2. The second kappa shape index (κ2) is 9.87. The highest BCUT2D eigenvalue weighted by Crippen LogP contribution is 2.45. The number of benzene rings is 1. The molecule has 2 fully saturated rings. The molecular formula is C22H28F3N5O3. The number of carbonyl (C=O) groups is 2. The molecule has 1 atom stereocenters. The third-order valence-corrected chi connectivity index (χ3v) is 6.63. The summed E-state index contributed by atoms with van der Waals surface area (Å²) < 4.78 is 45.0. The Bertz CT molecular complexity index is 923. The van der Waals surface area contributed by atoms with Gasteiger partial charge >= 0.3 is 12.2 Å². The van der Waals surface area contributed by atoms with E-state index in [1.165, 1.54) is 12.1 Å². The number of carbonyl (C=O) groups excluding carboxylic acids is 2. The number of hydrogen-bond acceptors (Lipinski definition) is 5. The van der Waals surface area contributed by atoms with E-state index >= 15 is 0 Å². The van der Waals surface area contributed by atoms with Gasteiger partial charge in [-0.25, -0.2) is 4.79 Å². The summed E-state index contributed by atoms with van der Waals surface area (Å²) in [6.45, 7) is 2.39. The fraction of sp³-hybridized carbons (Fsp3) is 0.591. The lowest BCUT2D eigenvalue weighted by molar-refractivity contribution is -0.137. The van der Waals surface area contributed by atoms with Crippen molar-refractivity contribution in [2.75, 3.05) is 51.3 Å². The first-order chi connectivity index (χ1) is 15.6. The van der Waals surface area contributed by atoms with Crippen molar-refractivity contribution >= 4 is 17.6 Å². The molecule has 11 heteroatoms. The molecule has 3 N–H and O–H groups in total. The molecule has 0 aromatic heterocycles. The molecule has 3 amide bonds. The molecule has 8 nitrogen and oxygen atoms in total. The number of halogens is 3. The van der Waals surface area contributed by atoms with Gasteiger partial charge in [0.2, 0.25) is 5.91 Å². The Balaban J connectivity index is 1.70. The summed E-state index contributed by atoms with van der Waals surface area (Å²) in [6, 6.07) is 5.00. The highest BCUT2D eigenvalue weighted by Gasteiger charge is 2.51. The number of anilines is 1. The number of nitriles is 1. The van der Waals surface area contributed by atoms with Crippen molar-refractivity contribution in [3.8, 4) is 6.07 Å². The lowest BCUT2D eigenvalue weighted by Crippen LogP contribution is -2.47. The summed E-state index contributed by atoms with van der Waals surface area (Å²) in [5, 5.41) is 11.8. The number of piperidine rings is 1. The van der Waals surface area contributed by atoms with Crippen LogP contribution in [0.1, 0.15) is 30.4 Å². The Morgan fingerprint density at radius 2 is 2.03 bits per heavy atom. The van der Waals surface area contributed by atoms with Gasteiger partial charge in [0.15, 0.2) is 0 Å². The first-order valence-electron chi connectivity index (χ1n) is 10.8. The van der Waals surface area contributed by atoms with Crippen molar-refractivity contribution in [3.63, 3.8) is 0 Å². The quantitative estimate of drug-likeness (QED) is 0.624. The van der Waals surface area contributed by atoms with E-state index < -0.39 is 34.5 Å². The maximum absolute atomic E-state index is 13.3. The zero-order valence-corrected chi connectivity index (χ0v) is 18.5. The van der Waals surface area contributed by atoms with Gasteiger partial charge in [0.1, 0.15) is 0 Å². The maximum atomic E-state index is 13.3. The van der Waals surface area contributed by atoms with Crippen LogP contribution in [0.5, 0.6) is 0 Å².